The molecule has 1 aromatic heterocycles. The van der Waals surface area contributed by atoms with Crippen molar-refractivity contribution in [2.45, 2.75) is 12.4 Å². The quantitative estimate of drug-likeness (QED) is 0.817. The zero-order valence-corrected chi connectivity index (χ0v) is 9.61. The summed E-state index contributed by atoms with van der Waals surface area (Å²) in [6, 6.07) is 14.0. The van der Waals surface area contributed by atoms with E-state index in [1.165, 1.54) is 0 Å². The Morgan fingerprint density at radius 1 is 1.06 bits per heavy atom. The van der Waals surface area contributed by atoms with Crippen LogP contribution in [0.1, 0.15) is 11.3 Å². The van der Waals surface area contributed by atoms with Gasteiger partial charge in [0.1, 0.15) is 0 Å². The second kappa shape index (κ2) is 5.52. The highest BCUT2D eigenvalue weighted by atomic mass is 35.5. The molecule has 2 nitrogen and oxygen atoms in total. The largest absolute Gasteiger partial charge is 0.379 e. The van der Waals surface area contributed by atoms with Crippen molar-refractivity contribution in [2.24, 2.45) is 0 Å². The van der Waals surface area contributed by atoms with E-state index < -0.39 is 0 Å². The molecule has 0 radical (unpaired) electrons. The lowest BCUT2D eigenvalue weighted by molar-refractivity contribution is 1.05. The van der Waals surface area contributed by atoms with Gasteiger partial charge in [0.25, 0.3) is 0 Å². The number of pyridine rings is 1. The molecule has 0 amide bonds. The Kier molecular flexibility index (Phi) is 3.78. The molecular weight excluding hydrogens is 220 g/mol. The second-order valence-electron chi connectivity index (χ2n) is 3.51. The smallest absolute Gasteiger partial charge is 0.0594 e. The topological polar surface area (TPSA) is 24.9 Å². The lowest BCUT2D eigenvalue weighted by Crippen LogP contribution is -2.00. The number of anilines is 1. The third-order valence-electron chi connectivity index (χ3n) is 2.31. The van der Waals surface area contributed by atoms with Crippen LogP contribution in [-0.4, -0.2) is 4.98 Å². The van der Waals surface area contributed by atoms with E-state index in [1.807, 2.05) is 42.5 Å². The minimum atomic E-state index is 0.556. The van der Waals surface area contributed by atoms with Crippen molar-refractivity contribution in [3.05, 3.63) is 59.9 Å². The van der Waals surface area contributed by atoms with Gasteiger partial charge in [-0.2, -0.15) is 0 Å². The van der Waals surface area contributed by atoms with Crippen LogP contribution in [0.5, 0.6) is 0 Å². The summed E-state index contributed by atoms with van der Waals surface area (Å²) in [6.45, 7) is 0.737. The normalized spacial score (nSPS) is 10.1. The fraction of sp³-hybridized carbons (Fsp3) is 0.154. The van der Waals surface area contributed by atoms with Crippen LogP contribution in [-0.2, 0) is 12.4 Å². The van der Waals surface area contributed by atoms with Crippen molar-refractivity contribution < 1.29 is 0 Å². The Bertz CT molecular complexity index is 425. The molecule has 2 rings (SSSR count). The fourth-order valence-electron chi connectivity index (χ4n) is 1.41. The first-order valence-electron chi connectivity index (χ1n) is 5.17. The Balaban J connectivity index is 1.94. The standard InChI is InChI=1S/C13H13ClN2/c14-9-11-4-6-12(7-5-11)16-10-13-3-1-2-8-15-13/h1-8,16H,9-10H2. The first-order chi connectivity index (χ1) is 7.88. The summed E-state index contributed by atoms with van der Waals surface area (Å²) in [5.41, 5.74) is 3.24. The number of hydrogen-bond donors (Lipinski definition) is 1. The predicted octanol–water partition coefficient (Wildman–Crippen LogP) is 3.43. The SMILES string of the molecule is ClCc1ccc(NCc2ccccn2)cc1. The molecule has 2 aromatic rings. The molecule has 0 atom stereocenters. The first-order valence-corrected chi connectivity index (χ1v) is 5.70. The minimum absolute atomic E-state index is 0.556. The highest BCUT2D eigenvalue weighted by Gasteiger charge is 1.95. The fourth-order valence-corrected chi connectivity index (χ4v) is 1.59. The maximum absolute atomic E-state index is 5.72. The third-order valence-corrected chi connectivity index (χ3v) is 2.62. The number of rotatable bonds is 4. The van der Waals surface area contributed by atoms with Crippen LogP contribution in [0.25, 0.3) is 0 Å². The predicted molar refractivity (Wildman–Crippen MR) is 67.6 cm³/mol. The molecule has 0 saturated heterocycles. The van der Waals surface area contributed by atoms with E-state index in [0.29, 0.717) is 5.88 Å². The maximum Gasteiger partial charge on any atom is 0.0594 e. The van der Waals surface area contributed by atoms with Gasteiger partial charge >= 0.3 is 0 Å². The summed E-state index contributed by atoms with van der Waals surface area (Å²) in [5, 5.41) is 3.31. The molecule has 0 unspecified atom stereocenters. The Hall–Kier alpha value is -1.54. The number of aromatic nitrogens is 1. The Morgan fingerprint density at radius 3 is 2.50 bits per heavy atom. The monoisotopic (exact) mass is 232 g/mol. The highest BCUT2D eigenvalue weighted by molar-refractivity contribution is 6.17. The van der Waals surface area contributed by atoms with Gasteiger partial charge in [0.05, 0.1) is 12.2 Å². The molecule has 3 heteroatoms. The molecule has 16 heavy (non-hydrogen) atoms. The minimum Gasteiger partial charge on any atom is -0.379 e. The second-order valence-corrected chi connectivity index (χ2v) is 3.77. The van der Waals surface area contributed by atoms with Crippen molar-refractivity contribution in [3.8, 4) is 0 Å². The van der Waals surface area contributed by atoms with Crippen LogP contribution in [0.15, 0.2) is 48.7 Å². The van der Waals surface area contributed by atoms with E-state index in [0.717, 1.165) is 23.5 Å². The Labute approximate surface area is 100 Å². The summed E-state index contributed by atoms with van der Waals surface area (Å²) in [7, 11) is 0. The first kappa shape index (κ1) is 11.0. The average Bonchev–Trinajstić information content (AvgIpc) is 2.38. The van der Waals surface area contributed by atoms with Gasteiger partial charge in [-0.3, -0.25) is 4.98 Å². The van der Waals surface area contributed by atoms with Crippen LogP contribution >= 0.6 is 11.6 Å². The molecule has 0 bridgehead atoms. The van der Waals surface area contributed by atoms with Crippen LogP contribution in [0, 0.1) is 0 Å². The maximum atomic E-state index is 5.72. The van der Waals surface area contributed by atoms with Crippen LogP contribution in [0.2, 0.25) is 0 Å². The number of nitrogens with zero attached hydrogens (tertiary/aromatic N) is 1. The molecule has 0 spiro atoms. The molecule has 0 saturated carbocycles. The number of alkyl halides is 1. The number of nitrogens with one attached hydrogen (secondary N) is 1. The molecule has 1 heterocycles. The van der Waals surface area contributed by atoms with Gasteiger partial charge in [-0.05, 0) is 29.8 Å². The van der Waals surface area contributed by atoms with Crippen LogP contribution in [0.4, 0.5) is 5.69 Å². The summed E-state index contributed by atoms with van der Waals surface area (Å²) in [4.78, 5) is 4.24. The van der Waals surface area contributed by atoms with Gasteiger partial charge in [0.15, 0.2) is 0 Å². The van der Waals surface area contributed by atoms with Gasteiger partial charge in [-0.1, -0.05) is 18.2 Å². The number of benzene rings is 1. The van der Waals surface area contributed by atoms with Crippen molar-refractivity contribution in [1.82, 2.24) is 4.98 Å². The molecule has 0 aliphatic heterocycles. The zero-order chi connectivity index (χ0) is 11.2. The number of hydrogen-bond acceptors (Lipinski definition) is 2. The summed E-state index contributed by atoms with van der Waals surface area (Å²) >= 11 is 5.72. The van der Waals surface area contributed by atoms with Gasteiger partial charge in [0, 0.05) is 17.8 Å². The van der Waals surface area contributed by atoms with Crippen molar-refractivity contribution in [1.29, 1.82) is 0 Å². The van der Waals surface area contributed by atoms with Gasteiger partial charge in [-0.25, -0.2) is 0 Å². The van der Waals surface area contributed by atoms with Crippen molar-refractivity contribution >= 4 is 17.3 Å². The summed E-state index contributed by atoms with van der Waals surface area (Å²) in [5.74, 6) is 0.556. The van der Waals surface area contributed by atoms with Crippen molar-refractivity contribution in [2.75, 3.05) is 5.32 Å². The molecular formula is C13H13ClN2. The third kappa shape index (κ3) is 2.97. The lowest BCUT2D eigenvalue weighted by Gasteiger charge is -2.06. The van der Waals surface area contributed by atoms with E-state index in [2.05, 4.69) is 10.3 Å². The van der Waals surface area contributed by atoms with E-state index in [1.54, 1.807) is 6.20 Å². The zero-order valence-electron chi connectivity index (χ0n) is 8.86. The lowest BCUT2D eigenvalue weighted by atomic mass is 10.2. The van der Waals surface area contributed by atoms with Gasteiger partial charge in [0.2, 0.25) is 0 Å². The van der Waals surface area contributed by atoms with Crippen LogP contribution in [0.3, 0.4) is 0 Å². The molecule has 0 fully saturated rings. The molecule has 1 aromatic carbocycles. The van der Waals surface area contributed by atoms with E-state index in [-0.39, 0.29) is 0 Å². The van der Waals surface area contributed by atoms with Gasteiger partial charge < -0.3 is 5.32 Å². The molecule has 0 aliphatic carbocycles. The molecule has 82 valence electrons. The summed E-state index contributed by atoms with van der Waals surface area (Å²) < 4.78 is 0. The van der Waals surface area contributed by atoms with Crippen LogP contribution < -0.4 is 5.32 Å². The average molecular weight is 233 g/mol. The van der Waals surface area contributed by atoms with Gasteiger partial charge in [-0.15, -0.1) is 11.6 Å². The highest BCUT2D eigenvalue weighted by Crippen LogP contribution is 2.11. The van der Waals surface area contributed by atoms with Crippen molar-refractivity contribution in [3.63, 3.8) is 0 Å². The van der Waals surface area contributed by atoms with E-state index in [4.69, 9.17) is 11.6 Å². The molecule has 1 N–H and O–H groups in total. The Morgan fingerprint density at radius 2 is 1.88 bits per heavy atom. The number of halogens is 1. The van der Waals surface area contributed by atoms with E-state index >= 15 is 0 Å². The van der Waals surface area contributed by atoms with E-state index in [9.17, 15) is 0 Å². The summed E-state index contributed by atoms with van der Waals surface area (Å²) in [6.07, 6.45) is 1.80. The molecule has 0 aliphatic rings.